The summed E-state index contributed by atoms with van der Waals surface area (Å²) in [4.78, 5) is 0.511. The average molecular weight is 269 g/mol. The van der Waals surface area contributed by atoms with Gasteiger partial charge in [-0.05, 0) is 24.6 Å². The van der Waals surface area contributed by atoms with E-state index in [0.717, 1.165) is 11.3 Å². The van der Waals surface area contributed by atoms with Crippen molar-refractivity contribution in [1.29, 1.82) is 0 Å². The van der Waals surface area contributed by atoms with Gasteiger partial charge in [-0.25, -0.2) is 0 Å². The fourth-order valence-corrected chi connectivity index (χ4v) is 2.21. The summed E-state index contributed by atoms with van der Waals surface area (Å²) in [5.74, 6) is 0.208. The van der Waals surface area contributed by atoms with E-state index >= 15 is 0 Å². The third-order valence-corrected chi connectivity index (χ3v) is 2.99. The Kier molecular flexibility index (Phi) is 4.31. The molecule has 3 heteroatoms. The SMILES string of the molecule is C/C(O)=C(\C(=S)Nc1ccccc1)c1ccccc1. The molecule has 0 aliphatic rings. The van der Waals surface area contributed by atoms with Gasteiger partial charge in [0.15, 0.2) is 0 Å². The van der Waals surface area contributed by atoms with E-state index in [-0.39, 0.29) is 5.76 Å². The van der Waals surface area contributed by atoms with Crippen molar-refractivity contribution in [2.24, 2.45) is 0 Å². The molecule has 19 heavy (non-hydrogen) atoms. The fraction of sp³-hybridized carbons (Fsp3) is 0.0625. The second kappa shape index (κ2) is 6.16. The highest BCUT2D eigenvalue weighted by Crippen LogP contribution is 2.20. The number of allylic oxidation sites excluding steroid dienone is 1. The van der Waals surface area contributed by atoms with Crippen molar-refractivity contribution in [3.05, 3.63) is 72.0 Å². The Bertz CT molecular complexity index is 587. The van der Waals surface area contributed by atoms with E-state index in [1.165, 1.54) is 0 Å². The van der Waals surface area contributed by atoms with Crippen molar-refractivity contribution in [2.45, 2.75) is 6.92 Å². The number of hydrogen-bond donors (Lipinski definition) is 2. The molecule has 2 N–H and O–H groups in total. The highest BCUT2D eigenvalue weighted by Gasteiger charge is 2.11. The predicted molar refractivity (Wildman–Crippen MR) is 84.3 cm³/mol. The molecule has 2 aromatic rings. The topological polar surface area (TPSA) is 32.3 Å². The average Bonchev–Trinajstić information content (AvgIpc) is 2.40. The summed E-state index contributed by atoms with van der Waals surface area (Å²) >= 11 is 5.39. The highest BCUT2D eigenvalue weighted by atomic mass is 32.1. The van der Waals surface area contributed by atoms with Crippen LogP contribution in [-0.2, 0) is 0 Å². The quantitative estimate of drug-likeness (QED) is 0.491. The van der Waals surface area contributed by atoms with E-state index in [2.05, 4.69) is 5.32 Å². The zero-order valence-corrected chi connectivity index (χ0v) is 11.4. The Morgan fingerprint density at radius 1 is 0.947 bits per heavy atom. The summed E-state index contributed by atoms with van der Waals surface area (Å²) in [6, 6.07) is 19.3. The first-order chi connectivity index (χ1) is 9.18. The van der Waals surface area contributed by atoms with Gasteiger partial charge in [0.05, 0.1) is 11.3 Å². The van der Waals surface area contributed by atoms with Crippen LogP contribution in [0.1, 0.15) is 12.5 Å². The van der Waals surface area contributed by atoms with Crippen molar-refractivity contribution in [3.8, 4) is 0 Å². The summed E-state index contributed by atoms with van der Waals surface area (Å²) in [5, 5.41) is 13.0. The molecule has 0 amide bonds. The smallest absolute Gasteiger partial charge is 0.114 e. The number of para-hydroxylation sites is 1. The minimum atomic E-state index is 0.208. The lowest BCUT2D eigenvalue weighted by Crippen LogP contribution is -2.12. The number of thiocarbonyl (C=S) groups is 1. The number of benzene rings is 2. The Labute approximate surface area is 118 Å². The molecule has 0 radical (unpaired) electrons. The number of aliphatic hydroxyl groups excluding tert-OH is 1. The normalized spacial score (nSPS) is 11.6. The molecule has 2 nitrogen and oxygen atoms in total. The molecule has 0 unspecified atom stereocenters. The first-order valence-electron chi connectivity index (χ1n) is 6.00. The first kappa shape index (κ1) is 13.3. The van der Waals surface area contributed by atoms with Crippen molar-refractivity contribution in [1.82, 2.24) is 0 Å². The maximum absolute atomic E-state index is 9.87. The zero-order chi connectivity index (χ0) is 13.7. The van der Waals surface area contributed by atoms with E-state index in [9.17, 15) is 5.11 Å². The van der Waals surface area contributed by atoms with Crippen LogP contribution >= 0.6 is 12.2 Å². The summed E-state index contributed by atoms with van der Waals surface area (Å²) in [7, 11) is 0. The minimum absolute atomic E-state index is 0.208. The van der Waals surface area contributed by atoms with Crippen molar-refractivity contribution in [3.63, 3.8) is 0 Å². The lowest BCUT2D eigenvalue weighted by molar-refractivity contribution is 0.418. The Hall–Kier alpha value is -2.13. The van der Waals surface area contributed by atoms with E-state index in [1.807, 2.05) is 60.7 Å². The molecule has 0 aromatic heterocycles. The van der Waals surface area contributed by atoms with Crippen LogP contribution in [0.25, 0.3) is 5.57 Å². The lowest BCUT2D eigenvalue weighted by atomic mass is 10.0. The van der Waals surface area contributed by atoms with Crippen molar-refractivity contribution >= 4 is 28.5 Å². The van der Waals surface area contributed by atoms with Gasteiger partial charge in [0.1, 0.15) is 4.99 Å². The van der Waals surface area contributed by atoms with Gasteiger partial charge < -0.3 is 10.4 Å². The van der Waals surface area contributed by atoms with Crippen LogP contribution < -0.4 is 5.32 Å². The first-order valence-corrected chi connectivity index (χ1v) is 6.41. The number of nitrogens with one attached hydrogen (secondary N) is 1. The Balaban J connectivity index is 2.27. The molecule has 0 saturated heterocycles. The van der Waals surface area contributed by atoms with Crippen molar-refractivity contribution < 1.29 is 5.11 Å². The molecule has 0 fully saturated rings. The van der Waals surface area contributed by atoms with Crippen LogP contribution in [0.5, 0.6) is 0 Å². The molecule has 0 spiro atoms. The predicted octanol–water partition coefficient (Wildman–Crippen LogP) is 4.42. The van der Waals surface area contributed by atoms with Gasteiger partial charge in [0.2, 0.25) is 0 Å². The molecule has 2 aromatic carbocycles. The fourth-order valence-electron chi connectivity index (χ4n) is 1.82. The highest BCUT2D eigenvalue weighted by molar-refractivity contribution is 7.81. The molecule has 0 bridgehead atoms. The summed E-state index contributed by atoms with van der Waals surface area (Å²) < 4.78 is 0. The van der Waals surface area contributed by atoms with E-state index in [4.69, 9.17) is 12.2 Å². The van der Waals surface area contributed by atoms with Crippen LogP contribution in [0.4, 0.5) is 5.69 Å². The summed E-state index contributed by atoms with van der Waals surface area (Å²) in [6.07, 6.45) is 0. The molecule has 0 atom stereocenters. The third-order valence-electron chi connectivity index (χ3n) is 2.68. The van der Waals surface area contributed by atoms with Gasteiger partial charge in [-0.2, -0.15) is 0 Å². The molecule has 0 saturated carbocycles. The standard InChI is InChI=1S/C16H15NOS/c1-12(18)15(13-8-4-2-5-9-13)16(19)17-14-10-6-3-7-11-14/h2-11,18H,1H3,(H,17,19)/b15-12+. The molecule has 0 aliphatic heterocycles. The van der Waals surface area contributed by atoms with Crippen LogP contribution in [0.3, 0.4) is 0 Å². The van der Waals surface area contributed by atoms with Crippen LogP contribution in [-0.4, -0.2) is 10.1 Å². The minimum Gasteiger partial charge on any atom is -0.512 e. The van der Waals surface area contributed by atoms with Gasteiger partial charge in [0.25, 0.3) is 0 Å². The van der Waals surface area contributed by atoms with Crippen molar-refractivity contribution in [2.75, 3.05) is 5.32 Å². The second-order valence-corrected chi connectivity index (χ2v) is 4.55. The number of rotatable bonds is 3. The van der Waals surface area contributed by atoms with E-state index in [0.29, 0.717) is 10.6 Å². The van der Waals surface area contributed by atoms with Gasteiger partial charge in [0, 0.05) is 5.69 Å². The van der Waals surface area contributed by atoms with Gasteiger partial charge in [-0.3, -0.25) is 0 Å². The van der Waals surface area contributed by atoms with Crippen LogP contribution in [0.2, 0.25) is 0 Å². The summed E-state index contributed by atoms with van der Waals surface area (Å²) in [6.45, 7) is 1.64. The third kappa shape index (κ3) is 3.42. The molecule has 0 heterocycles. The van der Waals surface area contributed by atoms with Crippen LogP contribution in [0.15, 0.2) is 66.4 Å². The Morgan fingerprint density at radius 3 is 2.00 bits per heavy atom. The maximum Gasteiger partial charge on any atom is 0.114 e. The molecular weight excluding hydrogens is 254 g/mol. The Morgan fingerprint density at radius 2 is 1.47 bits per heavy atom. The van der Waals surface area contributed by atoms with Gasteiger partial charge >= 0.3 is 0 Å². The zero-order valence-electron chi connectivity index (χ0n) is 10.6. The molecular formula is C16H15NOS. The van der Waals surface area contributed by atoms with Crippen LogP contribution in [0, 0.1) is 0 Å². The van der Waals surface area contributed by atoms with E-state index in [1.54, 1.807) is 6.92 Å². The van der Waals surface area contributed by atoms with E-state index < -0.39 is 0 Å². The van der Waals surface area contributed by atoms with Gasteiger partial charge in [-0.15, -0.1) is 0 Å². The monoisotopic (exact) mass is 269 g/mol. The van der Waals surface area contributed by atoms with Gasteiger partial charge in [-0.1, -0.05) is 60.7 Å². The summed E-state index contributed by atoms with van der Waals surface area (Å²) in [5.41, 5.74) is 2.46. The second-order valence-electron chi connectivity index (χ2n) is 4.15. The molecule has 2 rings (SSSR count). The maximum atomic E-state index is 9.87. The number of anilines is 1. The number of aliphatic hydroxyl groups is 1. The molecule has 96 valence electrons. The molecule has 0 aliphatic carbocycles. The lowest BCUT2D eigenvalue weighted by Gasteiger charge is -2.13. The number of hydrogen-bond acceptors (Lipinski definition) is 2. The largest absolute Gasteiger partial charge is 0.512 e.